The first kappa shape index (κ1) is 19.4. The van der Waals surface area contributed by atoms with Gasteiger partial charge in [0, 0.05) is 38.4 Å². The number of amides is 2. The van der Waals surface area contributed by atoms with Crippen molar-refractivity contribution in [3.05, 3.63) is 29.8 Å². The van der Waals surface area contributed by atoms with E-state index in [9.17, 15) is 9.59 Å². The van der Waals surface area contributed by atoms with Crippen molar-refractivity contribution in [3.8, 4) is 0 Å². The molecule has 0 radical (unpaired) electrons. The zero-order chi connectivity index (χ0) is 18.1. The maximum atomic E-state index is 12.3. The Hall–Kier alpha value is -1.92. The van der Waals surface area contributed by atoms with E-state index in [-0.39, 0.29) is 18.2 Å². The van der Waals surface area contributed by atoms with Crippen molar-refractivity contribution >= 4 is 17.5 Å². The number of carbonyl (C=O) groups is 2. The van der Waals surface area contributed by atoms with Crippen LogP contribution in [0, 0.1) is 6.92 Å². The molecule has 1 saturated heterocycles. The van der Waals surface area contributed by atoms with E-state index in [1.165, 1.54) is 0 Å². The zero-order valence-corrected chi connectivity index (χ0v) is 15.3. The lowest BCUT2D eigenvalue weighted by molar-refractivity contribution is -0.134. The third-order valence-corrected chi connectivity index (χ3v) is 4.39. The van der Waals surface area contributed by atoms with E-state index in [4.69, 9.17) is 4.74 Å². The number of carbonyl (C=O) groups excluding carboxylic acids is 2. The molecule has 0 unspecified atom stereocenters. The summed E-state index contributed by atoms with van der Waals surface area (Å²) in [6.45, 7) is 9.70. The van der Waals surface area contributed by atoms with Crippen molar-refractivity contribution < 1.29 is 14.3 Å². The van der Waals surface area contributed by atoms with E-state index in [0.717, 1.165) is 50.5 Å². The highest BCUT2D eigenvalue weighted by Crippen LogP contribution is 2.09. The highest BCUT2D eigenvalue weighted by atomic mass is 16.5. The van der Waals surface area contributed by atoms with Crippen LogP contribution < -0.4 is 5.32 Å². The number of nitrogens with zero attached hydrogens (tertiary/aromatic N) is 2. The second-order valence-electron chi connectivity index (χ2n) is 6.37. The molecule has 25 heavy (non-hydrogen) atoms. The Morgan fingerprint density at radius 2 is 1.88 bits per heavy atom. The first-order valence-electron chi connectivity index (χ1n) is 9.03. The van der Waals surface area contributed by atoms with Crippen LogP contribution in [0.2, 0.25) is 0 Å². The topological polar surface area (TPSA) is 61.9 Å². The molecule has 0 spiro atoms. The second kappa shape index (κ2) is 10.2. The summed E-state index contributed by atoms with van der Waals surface area (Å²) >= 11 is 0. The summed E-state index contributed by atoms with van der Waals surface area (Å²) in [7, 11) is 0. The van der Waals surface area contributed by atoms with Crippen molar-refractivity contribution in [2.75, 3.05) is 51.3 Å². The highest BCUT2D eigenvalue weighted by molar-refractivity contribution is 6.03. The van der Waals surface area contributed by atoms with Crippen LogP contribution in [0.1, 0.15) is 25.3 Å². The average Bonchev–Trinajstić information content (AvgIpc) is 2.61. The van der Waals surface area contributed by atoms with E-state index in [1.807, 2.05) is 38.1 Å². The molecule has 1 aliphatic rings. The Morgan fingerprint density at radius 3 is 2.52 bits per heavy atom. The fourth-order valence-electron chi connectivity index (χ4n) is 2.86. The van der Waals surface area contributed by atoms with Gasteiger partial charge in [0.1, 0.15) is 6.42 Å². The van der Waals surface area contributed by atoms with Gasteiger partial charge in [-0.2, -0.15) is 0 Å². The minimum Gasteiger partial charge on any atom is -0.379 e. The second-order valence-corrected chi connectivity index (χ2v) is 6.37. The molecule has 1 aromatic rings. The molecule has 0 aromatic heterocycles. The van der Waals surface area contributed by atoms with E-state index in [1.54, 1.807) is 4.90 Å². The number of aryl methyl sites for hydroxylation is 1. The third-order valence-electron chi connectivity index (χ3n) is 4.39. The summed E-state index contributed by atoms with van der Waals surface area (Å²) in [6.07, 6.45) is 0.804. The normalized spacial score (nSPS) is 15.0. The zero-order valence-electron chi connectivity index (χ0n) is 15.3. The molecule has 0 saturated carbocycles. The van der Waals surface area contributed by atoms with E-state index < -0.39 is 0 Å². The lowest BCUT2D eigenvalue weighted by atomic mass is 10.2. The molecular weight excluding hydrogens is 318 g/mol. The summed E-state index contributed by atoms with van der Waals surface area (Å²) in [5.74, 6) is -0.380. The summed E-state index contributed by atoms with van der Waals surface area (Å²) < 4.78 is 5.33. The monoisotopic (exact) mass is 347 g/mol. The van der Waals surface area contributed by atoms with Gasteiger partial charge in [0.2, 0.25) is 11.8 Å². The largest absolute Gasteiger partial charge is 0.379 e. The number of nitrogens with one attached hydrogen (secondary N) is 1. The van der Waals surface area contributed by atoms with Gasteiger partial charge in [-0.15, -0.1) is 0 Å². The van der Waals surface area contributed by atoms with Crippen molar-refractivity contribution in [1.29, 1.82) is 0 Å². The number of benzene rings is 1. The van der Waals surface area contributed by atoms with Crippen LogP contribution in [0.4, 0.5) is 5.69 Å². The predicted octanol–water partition coefficient (Wildman–Crippen LogP) is 1.89. The molecule has 1 heterocycles. The minimum absolute atomic E-state index is 0.112. The third kappa shape index (κ3) is 6.84. The van der Waals surface area contributed by atoms with Crippen LogP contribution in [-0.4, -0.2) is 67.6 Å². The molecule has 1 aliphatic heterocycles. The van der Waals surface area contributed by atoms with Crippen molar-refractivity contribution in [2.45, 2.75) is 26.7 Å². The van der Waals surface area contributed by atoms with Gasteiger partial charge in [-0.3, -0.25) is 14.5 Å². The maximum Gasteiger partial charge on any atom is 0.233 e. The van der Waals surface area contributed by atoms with Crippen LogP contribution in [0.3, 0.4) is 0 Å². The van der Waals surface area contributed by atoms with Crippen molar-refractivity contribution in [3.63, 3.8) is 0 Å². The Labute approximate surface area is 150 Å². The molecule has 2 amide bonds. The van der Waals surface area contributed by atoms with Gasteiger partial charge < -0.3 is 15.0 Å². The molecule has 1 aromatic carbocycles. The quantitative estimate of drug-likeness (QED) is 0.730. The Morgan fingerprint density at radius 1 is 1.20 bits per heavy atom. The SMILES string of the molecule is CCN(CCCN1CCOCC1)C(=O)CC(=O)Nc1ccc(C)cc1. The van der Waals surface area contributed by atoms with Gasteiger partial charge in [0.05, 0.1) is 13.2 Å². The van der Waals surface area contributed by atoms with Crippen LogP contribution in [-0.2, 0) is 14.3 Å². The lowest BCUT2D eigenvalue weighted by Gasteiger charge is -2.28. The smallest absolute Gasteiger partial charge is 0.233 e. The van der Waals surface area contributed by atoms with Gasteiger partial charge >= 0.3 is 0 Å². The number of rotatable bonds is 8. The van der Waals surface area contributed by atoms with E-state index in [2.05, 4.69) is 10.2 Å². The number of ether oxygens (including phenoxy) is 1. The molecule has 138 valence electrons. The summed E-state index contributed by atoms with van der Waals surface area (Å²) in [6, 6.07) is 7.55. The summed E-state index contributed by atoms with van der Waals surface area (Å²) in [5.41, 5.74) is 1.85. The van der Waals surface area contributed by atoms with Gasteiger partial charge in [-0.05, 0) is 32.4 Å². The molecule has 0 bridgehead atoms. The fraction of sp³-hybridized carbons (Fsp3) is 0.579. The van der Waals surface area contributed by atoms with Crippen LogP contribution >= 0.6 is 0 Å². The van der Waals surface area contributed by atoms with Gasteiger partial charge in [0.25, 0.3) is 0 Å². The van der Waals surface area contributed by atoms with Gasteiger partial charge in [-0.25, -0.2) is 0 Å². The summed E-state index contributed by atoms with van der Waals surface area (Å²) in [5, 5.41) is 2.78. The molecule has 6 nitrogen and oxygen atoms in total. The van der Waals surface area contributed by atoms with Gasteiger partial charge in [0.15, 0.2) is 0 Å². The van der Waals surface area contributed by atoms with Crippen molar-refractivity contribution in [2.24, 2.45) is 0 Å². The Bertz CT molecular complexity index is 554. The molecule has 2 rings (SSSR count). The Kier molecular flexibility index (Phi) is 7.88. The van der Waals surface area contributed by atoms with Crippen LogP contribution in [0.25, 0.3) is 0 Å². The van der Waals surface area contributed by atoms with E-state index >= 15 is 0 Å². The maximum absolute atomic E-state index is 12.3. The number of hydrogen-bond acceptors (Lipinski definition) is 4. The summed E-state index contributed by atoms with van der Waals surface area (Å²) in [4.78, 5) is 28.5. The first-order valence-corrected chi connectivity index (χ1v) is 9.03. The van der Waals surface area contributed by atoms with Crippen LogP contribution in [0.5, 0.6) is 0 Å². The highest BCUT2D eigenvalue weighted by Gasteiger charge is 2.17. The molecule has 6 heteroatoms. The number of morpholine rings is 1. The first-order chi connectivity index (χ1) is 12.1. The fourth-order valence-corrected chi connectivity index (χ4v) is 2.86. The van der Waals surface area contributed by atoms with Gasteiger partial charge in [-0.1, -0.05) is 17.7 Å². The molecule has 1 fully saturated rings. The molecule has 0 atom stereocenters. The van der Waals surface area contributed by atoms with Crippen LogP contribution in [0.15, 0.2) is 24.3 Å². The average molecular weight is 347 g/mol. The number of anilines is 1. The Balaban J connectivity index is 1.72. The number of hydrogen-bond donors (Lipinski definition) is 1. The predicted molar refractivity (Wildman–Crippen MR) is 98.6 cm³/mol. The minimum atomic E-state index is -0.263. The molecule has 1 N–H and O–H groups in total. The lowest BCUT2D eigenvalue weighted by Crippen LogP contribution is -2.39. The van der Waals surface area contributed by atoms with Crippen molar-refractivity contribution in [1.82, 2.24) is 9.80 Å². The standard InChI is InChI=1S/C19H29N3O3/c1-3-22(10-4-9-21-11-13-25-14-12-21)19(24)15-18(23)20-17-7-5-16(2)6-8-17/h5-8H,3-4,9-15H2,1-2H3,(H,20,23). The van der Waals surface area contributed by atoms with E-state index in [0.29, 0.717) is 13.1 Å². The molecule has 0 aliphatic carbocycles. The molecular formula is C19H29N3O3.